The molecule has 1 amide bonds. The molecule has 2 N–H and O–H groups in total. The minimum atomic E-state index is -0.328. The fraction of sp³-hybridized carbons (Fsp3) is 0.400. The maximum atomic E-state index is 12.4. The van der Waals surface area contributed by atoms with Crippen LogP contribution in [0.15, 0.2) is 30.6 Å². The molecule has 1 atom stereocenters. The normalized spacial score (nSPS) is 16.1. The van der Waals surface area contributed by atoms with E-state index in [1.807, 2.05) is 36.1 Å². The molecule has 1 fully saturated rings. The second-order valence-electron chi connectivity index (χ2n) is 5.38. The van der Waals surface area contributed by atoms with E-state index in [-0.39, 0.29) is 11.9 Å². The van der Waals surface area contributed by atoms with E-state index in [9.17, 15) is 4.79 Å². The van der Waals surface area contributed by atoms with E-state index in [0.29, 0.717) is 11.5 Å². The van der Waals surface area contributed by atoms with Crippen LogP contribution in [0.5, 0.6) is 0 Å². The Morgan fingerprint density at radius 2 is 2.10 bits per heavy atom. The maximum Gasteiger partial charge on any atom is 0.247 e. The first-order valence-electron chi connectivity index (χ1n) is 7.21. The largest absolute Gasteiger partial charge is 0.399 e. The Kier molecular flexibility index (Phi) is 3.60. The number of amides is 1. The zero-order chi connectivity index (χ0) is 14.8. The number of aromatic nitrogens is 3. The van der Waals surface area contributed by atoms with Crippen molar-refractivity contribution in [3.05, 3.63) is 30.6 Å². The summed E-state index contributed by atoms with van der Waals surface area (Å²) in [6, 6.07) is 7.09. The van der Waals surface area contributed by atoms with Gasteiger partial charge >= 0.3 is 0 Å². The molecule has 21 heavy (non-hydrogen) atoms. The first kappa shape index (κ1) is 13.6. The van der Waals surface area contributed by atoms with Crippen molar-refractivity contribution in [2.75, 3.05) is 18.8 Å². The van der Waals surface area contributed by atoms with E-state index >= 15 is 0 Å². The molecule has 6 heteroatoms. The van der Waals surface area contributed by atoms with Crippen LogP contribution in [0.3, 0.4) is 0 Å². The van der Waals surface area contributed by atoms with Crippen molar-refractivity contribution in [2.24, 2.45) is 0 Å². The number of nitrogens with two attached hydrogens (primary N) is 1. The first-order valence-corrected chi connectivity index (χ1v) is 7.21. The predicted molar refractivity (Wildman–Crippen MR) is 80.4 cm³/mol. The average Bonchev–Trinajstić information content (AvgIpc) is 3.17. The van der Waals surface area contributed by atoms with Crippen LogP contribution in [0.4, 0.5) is 5.69 Å². The highest BCUT2D eigenvalue weighted by molar-refractivity contribution is 5.80. The van der Waals surface area contributed by atoms with Crippen molar-refractivity contribution >= 4 is 11.6 Å². The molecule has 1 aromatic carbocycles. The molecule has 0 aliphatic carbocycles. The highest BCUT2D eigenvalue weighted by Gasteiger charge is 2.25. The number of likely N-dealkylation sites (tertiary alicyclic amines) is 1. The molecule has 2 aromatic rings. The summed E-state index contributed by atoms with van der Waals surface area (Å²) in [6.45, 7) is 3.55. The Morgan fingerprint density at radius 1 is 1.33 bits per heavy atom. The van der Waals surface area contributed by atoms with Crippen molar-refractivity contribution < 1.29 is 4.79 Å². The molecule has 3 rings (SSSR count). The monoisotopic (exact) mass is 285 g/mol. The number of carbonyl (C=O) groups is 1. The van der Waals surface area contributed by atoms with Gasteiger partial charge < -0.3 is 10.6 Å². The minimum Gasteiger partial charge on any atom is -0.399 e. The smallest absolute Gasteiger partial charge is 0.247 e. The Labute approximate surface area is 123 Å². The summed E-state index contributed by atoms with van der Waals surface area (Å²) >= 11 is 0. The highest BCUT2D eigenvalue weighted by Crippen LogP contribution is 2.19. The Bertz CT molecular complexity index is 645. The second kappa shape index (κ2) is 5.55. The third kappa shape index (κ3) is 2.74. The summed E-state index contributed by atoms with van der Waals surface area (Å²) in [6.07, 6.45) is 3.78. The molecular formula is C15H19N5O. The van der Waals surface area contributed by atoms with Crippen molar-refractivity contribution in [3.63, 3.8) is 0 Å². The quantitative estimate of drug-likeness (QED) is 0.871. The molecule has 2 heterocycles. The molecule has 1 aliphatic heterocycles. The van der Waals surface area contributed by atoms with Crippen LogP contribution in [0.25, 0.3) is 11.4 Å². The number of hydrogen-bond acceptors (Lipinski definition) is 4. The lowest BCUT2D eigenvalue weighted by Gasteiger charge is -2.19. The van der Waals surface area contributed by atoms with E-state index in [1.165, 1.54) is 0 Å². The third-order valence-electron chi connectivity index (χ3n) is 3.83. The fourth-order valence-electron chi connectivity index (χ4n) is 2.59. The summed E-state index contributed by atoms with van der Waals surface area (Å²) < 4.78 is 1.62. The van der Waals surface area contributed by atoms with Crippen LogP contribution in [0.2, 0.25) is 0 Å². The van der Waals surface area contributed by atoms with Crippen molar-refractivity contribution in [1.82, 2.24) is 19.7 Å². The fourth-order valence-corrected chi connectivity index (χ4v) is 2.59. The molecule has 1 unspecified atom stereocenters. The Hall–Kier alpha value is -2.37. The average molecular weight is 285 g/mol. The summed E-state index contributed by atoms with van der Waals surface area (Å²) in [5, 5.41) is 4.42. The molecule has 1 aromatic heterocycles. The molecular weight excluding hydrogens is 266 g/mol. The van der Waals surface area contributed by atoms with Gasteiger partial charge in [0.15, 0.2) is 5.82 Å². The van der Waals surface area contributed by atoms with Gasteiger partial charge in [0.1, 0.15) is 12.4 Å². The predicted octanol–water partition coefficient (Wildman–Crippen LogP) is 1.71. The minimum absolute atomic E-state index is 0.108. The number of nitrogens with zero attached hydrogens (tertiary/aromatic N) is 4. The van der Waals surface area contributed by atoms with Crippen molar-refractivity contribution in [3.8, 4) is 11.4 Å². The number of benzene rings is 1. The van der Waals surface area contributed by atoms with Crippen molar-refractivity contribution in [2.45, 2.75) is 25.8 Å². The van der Waals surface area contributed by atoms with Gasteiger partial charge in [0.05, 0.1) is 0 Å². The standard InChI is InChI=1S/C15H19N5O/c1-11(15(21)19-7-2-3-8-19)20-10-17-14(18-20)12-5-4-6-13(16)9-12/h4-6,9-11H,2-3,7-8,16H2,1H3. The molecule has 110 valence electrons. The summed E-state index contributed by atoms with van der Waals surface area (Å²) in [5.41, 5.74) is 7.30. The SMILES string of the molecule is CC(C(=O)N1CCCC1)n1cnc(-c2cccc(N)c2)n1. The second-order valence-corrected chi connectivity index (χ2v) is 5.38. The number of rotatable bonds is 3. The van der Waals surface area contributed by atoms with Gasteiger partial charge in [-0.05, 0) is 31.9 Å². The zero-order valence-corrected chi connectivity index (χ0v) is 12.1. The van der Waals surface area contributed by atoms with Crippen LogP contribution in [0.1, 0.15) is 25.8 Å². The van der Waals surface area contributed by atoms with Crippen LogP contribution >= 0.6 is 0 Å². The van der Waals surface area contributed by atoms with Gasteiger partial charge in [-0.15, -0.1) is 0 Å². The first-order chi connectivity index (χ1) is 10.1. The molecule has 6 nitrogen and oxygen atoms in total. The molecule has 1 saturated heterocycles. The lowest BCUT2D eigenvalue weighted by atomic mass is 10.2. The highest BCUT2D eigenvalue weighted by atomic mass is 16.2. The van der Waals surface area contributed by atoms with Gasteiger partial charge in [-0.2, -0.15) is 5.10 Å². The lowest BCUT2D eigenvalue weighted by molar-refractivity contribution is -0.133. The van der Waals surface area contributed by atoms with Gasteiger partial charge in [0.25, 0.3) is 0 Å². The summed E-state index contributed by atoms with van der Waals surface area (Å²) in [4.78, 5) is 18.5. The van der Waals surface area contributed by atoms with E-state index in [4.69, 9.17) is 5.73 Å². The van der Waals surface area contributed by atoms with E-state index in [2.05, 4.69) is 10.1 Å². The maximum absolute atomic E-state index is 12.4. The third-order valence-corrected chi connectivity index (χ3v) is 3.83. The Morgan fingerprint density at radius 3 is 2.81 bits per heavy atom. The molecule has 0 bridgehead atoms. The number of carbonyl (C=O) groups excluding carboxylic acids is 1. The summed E-state index contributed by atoms with van der Waals surface area (Å²) in [5.74, 6) is 0.694. The Balaban J connectivity index is 1.79. The van der Waals surface area contributed by atoms with Gasteiger partial charge in [0.2, 0.25) is 5.91 Å². The van der Waals surface area contributed by atoms with Gasteiger partial charge in [-0.1, -0.05) is 12.1 Å². The number of anilines is 1. The van der Waals surface area contributed by atoms with Crippen LogP contribution < -0.4 is 5.73 Å². The molecule has 0 radical (unpaired) electrons. The topological polar surface area (TPSA) is 77.0 Å². The van der Waals surface area contributed by atoms with Gasteiger partial charge in [-0.25, -0.2) is 9.67 Å². The van der Waals surface area contributed by atoms with Gasteiger partial charge in [-0.3, -0.25) is 4.79 Å². The van der Waals surface area contributed by atoms with E-state index in [0.717, 1.165) is 31.5 Å². The number of hydrogen-bond donors (Lipinski definition) is 1. The van der Waals surface area contributed by atoms with Crippen LogP contribution in [-0.4, -0.2) is 38.7 Å². The van der Waals surface area contributed by atoms with Crippen LogP contribution in [-0.2, 0) is 4.79 Å². The lowest BCUT2D eigenvalue weighted by Crippen LogP contribution is -2.34. The van der Waals surface area contributed by atoms with E-state index < -0.39 is 0 Å². The molecule has 0 saturated carbocycles. The molecule has 1 aliphatic rings. The van der Waals surface area contributed by atoms with Crippen LogP contribution in [0, 0.1) is 0 Å². The van der Waals surface area contributed by atoms with Gasteiger partial charge in [0, 0.05) is 24.3 Å². The van der Waals surface area contributed by atoms with Crippen molar-refractivity contribution in [1.29, 1.82) is 0 Å². The number of nitrogen functional groups attached to an aromatic ring is 1. The van der Waals surface area contributed by atoms with E-state index in [1.54, 1.807) is 11.0 Å². The zero-order valence-electron chi connectivity index (χ0n) is 12.1. The summed E-state index contributed by atoms with van der Waals surface area (Å²) in [7, 11) is 0. The molecule has 0 spiro atoms.